The summed E-state index contributed by atoms with van der Waals surface area (Å²) in [6.07, 6.45) is 3.41. The van der Waals surface area contributed by atoms with Gasteiger partial charge in [-0.25, -0.2) is 9.78 Å². The highest BCUT2D eigenvalue weighted by molar-refractivity contribution is 7.80. The molecule has 20 heteroatoms. The van der Waals surface area contributed by atoms with Gasteiger partial charge in [0.25, 0.3) is 17.9 Å². The summed E-state index contributed by atoms with van der Waals surface area (Å²) < 4.78 is 50.1. The highest BCUT2D eigenvalue weighted by Gasteiger charge is 2.58. The molecule has 1 aromatic carbocycles. The number of anilines is 1. The predicted octanol–water partition coefficient (Wildman–Crippen LogP) is -0.452. The van der Waals surface area contributed by atoms with Crippen LogP contribution in [0, 0.1) is 0 Å². The minimum atomic E-state index is -5.00. The van der Waals surface area contributed by atoms with Crippen molar-refractivity contribution in [2.24, 2.45) is 17.9 Å². The van der Waals surface area contributed by atoms with E-state index in [1.165, 1.54) is 19.2 Å². The molecule has 1 aliphatic heterocycles. The smallest absolute Gasteiger partial charge is 0.418 e. The van der Waals surface area contributed by atoms with Crippen molar-refractivity contribution in [1.29, 1.82) is 0 Å². The standard InChI is InChI=1S/C27H34N8O10S2/c1-27(2)22(24(37)35(27)45-47(39,40)41)31-23(36)21(19-15-46-26(29)30-19)32-44-20(25(38)42-4)14-43-18-8-6-16(7-9-18)17-12-33(3)34(13-17)11-5-10-28/h6-9,12-13,15,20,22H,5,10-11,14,28H2,1-4H3,(H3-,29,30,31,36,39,40,41)/p+1/b32-21-/t20?,22-/m1/s1. The first-order chi connectivity index (χ1) is 22.1. The Balaban J connectivity index is 1.47. The van der Waals surface area contributed by atoms with Crippen LogP contribution in [0.5, 0.6) is 5.75 Å². The first kappa shape index (κ1) is 35.2. The molecule has 3 heterocycles. The molecule has 4 rings (SSSR count). The van der Waals surface area contributed by atoms with E-state index < -0.39 is 51.6 Å². The van der Waals surface area contributed by atoms with Gasteiger partial charge >= 0.3 is 16.4 Å². The number of hydrogen-bond acceptors (Lipinski definition) is 14. The van der Waals surface area contributed by atoms with Gasteiger partial charge in [-0.2, -0.15) is 18.2 Å². The summed E-state index contributed by atoms with van der Waals surface area (Å²) in [5.41, 5.74) is 11.4. The molecule has 18 nitrogen and oxygen atoms in total. The number of nitrogens with two attached hydrogens (primary N) is 2. The van der Waals surface area contributed by atoms with Gasteiger partial charge < -0.3 is 31.1 Å². The zero-order valence-electron chi connectivity index (χ0n) is 25.9. The molecule has 1 fully saturated rings. The number of esters is 1. The third-order valence-corrected chi connectivity index (χ3v) is 8.05. The Hall–Kier alpha value is -4.63. The molecule has 0 aliphatic carbocycles. The zero-order chi connectivity index (χ0) is 34.5. The lowest BCUT2D eigenvalue weighted by atomic mass is 9.84. The van der Waals surface area contributed by atoms with Crippen molar-refractivity contribution >= 4 is 50.4 Å². The number of benzene rings is 1. The molecule has 1 saturated heterocycles. The van der Waals surface area contributed by atoms with Gasteiger partial charge in [-0.05, 0) is 44.5 Å². The van der Waals surface area contributed by atoms with E-state index in [1.807, 2.05) is 36.3 Å². The van der Waals surface area contributed by atoms with Crippen molar-refractivity contribution in [3.63, 3.8) is 0 Å². The molecule has 2 aromatic heterocycles. The first-order valence-electron chi connectivity index (χ1n) is 14.0. The van der Waals surface area contributed by atoms with Gasteiger partial charge in [-0.15, -0.1) is 20.3 Å². The van der Waals surface area contributed by atoms with Gasteiger partial charge in [0, 0.05) is 5.38 Å². The minimum Gasteiger partial charge on any atom is -0.489 e. The summed E-state index contributed by atoms with van der Waals surface area (Å²) in [4.78, 5) is 47.8. The summed E-state index contributed by atoms with van der Waals surface area (Å²) in [6.45, 7) is 3.78. The normalized spacial score (nSPS) is 16.7. The maximum atomic E-state index is 13.3. The molecular weight excluding hydrogens is 660 g/mol. The zero-order valence-corrected chi connectivity index (χ0v) is 27.5. The summed E-state index contributed by atoms with van der Waals surface area (Å²) in [7, 11) is -1.93. The van der Waals surface area contributed by atoms with Crippen LogP contribution < -0.4 is 26.2 Å². The van der Waals surface area contributed by atoms with E-state index in [9.17, 15) is 22.8 Å². The van der Waals surface area contributed by atoms with E-state index in [0.717, 1.165) is 42.5 Å². The number of ether oxygens (including phenoxy) is 2. The van der Waals surface area contributed by atoms with Crippen molar-refractivity contribution in [3.8, 4) is 16.9 Å². The largest absolute Gasteiger partial charge is 0.489 e. The molecule has 2 atom stereocenters. The molecule has 0 spiro atoms. The Morgan fingerprint density at radius 2 is 1.96 bits per heavy atom. The second kappa shape index (κ2) is 14.4. The molecule has 1 aliphatic rings. The van der Waals surface area contributed by atoms with Crippen LogP contribution in [0.1, 0.15) is 26.0 Å². The Morgan fingerprint density at radius 3 is 2.53 bits per heavy atom. The number of thiazole rings is 1. The number of rotatable bonds is 15. The van der Waals surface area contributed by atoms with Crippen molar-refractivity contribution in [1.82, 2.24) is 20.0 Å². The number of nitrogens with one attached hydrogen (secondary N) is 1. The molecule has 0 bridgehead atoms. The fraction of sp³-hybridized carbons (Fsp3) is 0.407. The number of aryl methyl sites for hydroxylation is 2. The number of nitrogens with zero attached hydrogens (tertiary/aromatic N) is 5. The van der Waals surface area contributed by atoms with Crippen molar-refractivity contribution in [2.75, 3.05) is 26.0 Å². The molecule has 3 aromatic rings. The van der Waals surface area contributed by atoms with Crippen LogP contribution in [0.3, 0.4) is 0 Å². The van der Waals surface area contributed by atoms with Gasteiger partial charge in [0.05, 0.1) is 31.0 Å². The van der Waals surface area contributed by atoms with Gasteiger partial charge in [0.1, 0.15) is 24.1 Å². The molecule has 47 heavy (non-hydrogen) atoms. The quantitative estimate of drug-likeness (QED) is 0.0394. The van der Waals surface area contributed by atoms with Crippen LogP contribution in [-0.4, -0.2) is 89.1 Å². The Bertz CT molecular complexity index is 1750. The van der Waals surface area contributed by atoms with Crippen molar-refractivity contribution in [3.05, 3.63) is 47.7 Å². The summed E-state index contributed by atoms with van der Waals surface area (Å²) >= 11 is 0.990. The second-order valence-corrected chi connectivity index (χ2v) is 12.6. The Morgan fingerprint density at radius 1 is 1.26 bits per heavy atom. The number of carbonyl (C=O) groups is 3. The molecule has 6 N–H and O–H groups in total. The van der Waals surface area contributed by atoms with E-state index >= 15 is 0 Å². The Kier molecular flexibility index (Phi) is 10.8. The van der Waals surface area contributed by atoms with Gasteiger partial charge in [-0.3, -0.25) is 14.1 Å². The average molecular weight is 696 g/mol. The number of carbonyl (C=O) groups excluding carboxylic acids is 3. The lowest BCUT2D eigenvalue weighted by Gasteiger charge is -2.50. The fourth-order valence-electron chi connectivity index (χ4n) is 4.51. The van der Waals surface area contributed by atoms with Gasteiger partial charge in [0.15, 0.2) is 17.9 Å². The number of methoxy groups -OCH3 is 1. The Labute approximate surface area is 273 Å². The summed E-state index contributed by atoms with van der Waals surface area (Å²) in [5.74, 6) is -2.39. The molecule has 1 unspecified atom stereocenters. The third-order valence-electron chi connectivity index (χ3n) is 7.04. The van der Waals surface area contributed by atoms with Crippen LogP contribution >= 0.6 is 11.3 Å². The van der Waals surface area contributed by atoms with Crippen LogP contribution in [0.15, 0.2) is 47.2 Å². The van der Waals surface area contributed by atoms with Crippen LogP contribution in [0.25, 0.3) is 11.1 Å². The topological polar surface area (TPSA) is 244 Å². The lowest BCUT2D eigenvalue weighted by molar-refractivity contribution is -0.753. The van der Waals surface area contributed by atoms with Crippen molar-refractivity contribution in [2.45, 2.75) is 44.5 Å². The molecular formula is C27H35N8O10S2+. The second-order valence-electron chi connectivity index (χ2n) is 10.8. The SMILES string of the molecule is COC(=O)C(COc1ccc(-c2cn(CCCN)[n+](C)c2)cc1)O/N=C(\C(=O)N[C@@H]1C(=O)N(OS(=O)(=O)O)C1(C)C)c1csc(N)n1. The first-order valence-corrected chi connectivity index (χ1v) is 16.2. The summed E-state index contributed by atoms with van der Waals surface area (Å²) in [5, 5.41) is 8.14. The number of nitrogen functional groups attached to an aromatic ring is 1. The minimum absolute atomic E-state index is 0.0361. The summed E-state index contributed by atoms with van der Waals surface area (Å²) in [6, 6.07) is 5.84. The molecule has 254 valence electrons. The predicted molar refractivity (Wildman–Crippen MR) is 166 cm³/mol. The van der Waals surface area contributed by atoms with Crippen LogP contribution in [0.4, 0.5) is 5.13 Å². The van der Waals surface area contributed by atoms with Gasteiger partial charge in [0.2, 0.25) is 6.20 Å². The molecule has 0 radical (unpaired) electrons. The van der Waals surface area contributed by atoms with E-state index in [1.54, 1.807) is 12.1 Å². The van der Waals surface area contributed by atoms with Crippen LogP contribution in [-0.2, 0) is 52.2 Å². The number of oxime groups is 1. The van der Waals surface area contributed by atoms with Crippen LogP contribution in [0.2, 0.25) is 0 Å². The number of hydrogen-bond donors (Lipinski definition) is 4. The van der Waals surface area contributed by atoms with E-state index in [4.69, 9.17) is 30.3 Å². The van der Waals surface area contributed by atoms with E-state index in [2.05, 4.69) is 24.4 Å². The number of hydroxylamine groups is 2. The fourth-order valence-corrected chi connectivity index (χ4v) is 5.51. The van der Waals surface area contributed by atoms with Crippen molar-refractivity contribution < 1.29 is 50.6 Å². The molecule has 2 amide bonds. The highest BCUT2D eigenvalue weighted by Crippen LogP contribution is 2.33. The number of aromatic nitrogens is 3. The van der Waals surface area contributed by atoms with Gasteiger partial charge in [-0.1, -0.05) is 17.3 Å². The average Bonchev–Trinajstić information content (AvgIpc) is 3.63. The third kappa shape index (κ3) is 8.40. The maximum Gasteiger partial charge on any atom is 0.418 e. The lowest BCUT2D eigenvalue weighted by Crippen LogP contribution is -2.76. The van der Waals surface area contributed by atoms with E-state index in [0.29, 0.717) is 17.4 Å². The van der Waals surface area contributed by atoms with E-state index in [-0.39, 0.29) is 17.4 Å². The number of β-lactam (4-membered cyclic amide) rings is 1. The maximum absolute atomic E-state index is 13.3. The molecule has 0 saturated carbocycles. The monoisotopic (exact) mass is 695 g/mol. The highest BCUT2D eigenvalue weighted by atomic mass is 32.3. The number of amides is 2.